The van der Waals surface area contributed by atoms with Crippen LogP contribution < -0.4 is 0 Å². The van der Waals surface area contributed by atoms with Gasteiger partial charge in [-0.25, -0.2) is 9.59 Å². The van der Waals surface area contributed by atoms with Crippen LogP contribution in [0.25, 0.3) is 0 Å². The first-order chi connectivity index (χ1) is 10.7. The third kappa shape index (κ3) is 6.50. The van der Waals surface area contributed by atoms with Crippen LogP contribution in [0.2, 0.25) is 0 Å². The van der Waals surface area contributed by atoms with Crippen LogP contribution >= 0.6 is 0 Å². The van der Waals surface area contributed by atoms with Gasteiger partial charge in [0, 0.05) is 18.9 Å². The van der Waals surface area contributed by atoms with E-state index in [-0.39, 0.29) is 6.54 Å². The van der Waals surface area contributed by atoms with E-state index in [2.05, 4.69) is 11.6 Å². The monoisotopic (exact) mass is 320 g/mol. The molecule has 23 heavy (non-hydrogen) atoms. The zero-order valence-electron chi connectivity index (χ0n) is 13.9. The maximum atomic E-state index is 12.3. The Balaban J connectivity index is 2.76. The van der Waals surface area contributed by atoms with E-state index < -0.39 is 23.7 Å². The normalized spacial score (nSPS) is 12.3. The molecule has 1 amide bonds. The lowest BCUT2D eigenvalue weighted by Crippen LogP contribution is -2.46. The minimum absolute atomic E-state index is 0.257. The summed E-state index contributed by atoms with van der Waals surface area (Å²) < 4.78 is 5.30. The molecular weight excluding hydrogens is 296 g/mol. The molecule has 0 aliphatic heterocycles. The smallest absolute Gasteiger partial charge is 0.411 e. The second-order valence-corrected chi connectivity index (χ2v) is 6.16. The van der Waals surface area contributed by atoms with Crippen molar-refractivity contribution in [3.8, 4) is 0 Å². The Morgan fingerprint density at radius 2 is 2.17 bits per heavy atom. The van der Waals surface area contributed by atoms with Crippen molar-refractivity contribution in [3.05, 3.63) is 42.7 Å². The summed E-state index contributed by atoms with van der Waals surface area (Å²) in [5.74, 6) is -1.13. The molecule has 1 unspecified atom stereocenters. The number of aryl methyl sites for hydroxylation is 1. The SMILES string of the molecule is C=CC(C(=O)O)N(CCCc1cccnc1)C(=O)OC(C)(C)C. The Labute approximate surface area is 136 Å². The lowest BCUT2D eigenvalue weighted by Gasteiger charge is -2.30. The Morgan fingerprint density at radius 1 is 1.48 bits per heavy atom. The third-order valence-corrected chi connectivity index (χ3v) is 3.03. The van der Waals surface area contributed by atoms with Gasteiger partial charge in [0.1, 0.15) is 5.60 Å². The van der Waals surface area contributed by atoms with Gasteiger partial charge in [0.05, 0.1) is 0 Å². The summed E-state index contributed by atoms with van der Waals surface area (Å²) in [5.41, 5.74) is 0.338. The van der Waals surface area contributed by atoms with Crippen LogP contribution in [0.4, 0.5) is 4.79 Å². The first-order valence-electron chi connectivity index (χ1n) is 7.48. The van der Waals surface area contributed by atoms with Crippen molar-refractivity contribution < 1.29 is 19.4 Å². The predicted molar refractivity (Wildman–Crippen MR) is 87.1 cm³/mol. The molecule has 6 heteroatoms. The third-order valence-electron chi connectivity index (χ3n) is 3.03. The summed E-state index contributed by atoms with van der Waals surface area (Å²) in [6.45, 7) is 8.98. The van der Waals surface area contributed by atoms with E-state index in [1.165, 1.54) is 11.0 Å². The van der Waals surface area contributed by atoms with Crippen LogP contribution in [0, 0.1) is 0 Å². The Kier molecular flexibility index (Phi) is 6.75. The van der Waals surface area contributed by atoms with E-state index in [0.717, 1.165) is 5.56 Å². The number of ether oxygens (including phenoxy) is 1. The van der Waals surface area contributed by atoms with Crippen molar-refractivity contribution in [2.75, 3.05) is 6.54 Å². The van der Waals surface area contributed by atoms with E-state index in [4.69, 9.17) is 4.74 Å². The Morgan fingerprint density at radius 3 is 2.65 bits per heavy atom. The summed E-state index contributed by atoms with van der Waals surface area (Å²) in [6.07, 6.45) is 5.31. The number of carboxylic acid groups (broad SMARTS) is 1. The van der Waals surface area contributed by atoms with Gasteiger partial charge >= 0.3 is 12.1 Å². The van der Waals surface area contributed by atoms with E-state index >= 15 is 0 Å². The van der Waals surface area contributed by atoms with E-state index in [1.807, 2.05) is 12.1 Å². The number of carbonyl (C=O) groups is 2. The number of nitrogens with zero attached hydrogens (tertiary/aromatic N) is 2. The highest BCUT2D eigenvalue weighted by Gasteiger charge is 2.30. The number of hydrogen-bond acceptors (Lipinski definition) is 4. The molecular formula is C17H24N2O4. The van der Waals surface area contributed by atoms with Crippen LogP contribution in [0.15, 0.2) is 37.2 Å². The highest BCUT2D eigenvalue weighted by atomic mass is 16.6. The van der Waals surface area contributed by atoms with Crippen molar-refractivity contribution in [2.24, 2.45) is 0 Å². The van der Waals surface area contributed by atoms with E-state index in [9.17, 15) is 14.7 Å². The molecule has 1 heterocycles. The molecule has 6 nitrogen and oxygen atoms in total. The Bertz CT molecular complexity index is 537. The number of pyridine rings is 1. The number of aromatic nitrogens is 1. The maximum Gasteiger partial charge on any atom is 0.411 e. The number of aliphatic carboxylic acids is 1. The molecule has 1 aromatic rings. The lowest BCUT2D eigenvalue weighted by atomic mass is 10.1. The van der Waals surface area contributed by atoms with Gasteiger partial charge < -0.3 is 9.84 Å². The van der Waals surface area contributed by atoms with E-state index in [0.29, 0.717) is 12.8 Å². The topological polar surface area (TPSA) is 79.7 Å². The molecule has 0 bridgehead atoms. The van der Waals surface area contributed by atoms with Gasteiger partial charge in [-0.3, -0.25) is 9.88 Å². The summed E-state index contributed by atoms with van der Waals surface area (Å²) >= 11 is 0. The molecule has 0 saturated heterocycles. The molecule has 126 valence electrons. The zero-order chi connectivity index (χ0) is 17.5. The molecule has 1 atom stereocenters. The molecule has 0 aromatic carbocycles. The van der Waals surface area contributed by atoms with E-state index in [1.54, 1.807) is 33.2 Å². The van der Waals surface area contributed by atoms with Gasteiger partial charge in [-0.2, -0.15) is 0 Å². The number of carboxylic acids is 1. The van der Waals surface area contributed by atoms with Crippen LogP contribution in [0.1, 0.15) is 32.8 Å². The van der Waals surface area contributed by atoms with Crippen molar-refractivity contribution in [2.45, 2.75) is 45.3 Å². The molecule has 1 aromatic heterocycles. The second-order valence-electron chi connectivity index (χ2n) is 6.16. The van der Waals surface area contributed by atoms with Crippen molar-refractivity contribution >= 4 is 12.1 Å². The summed E-state index contributed by atoms with van der Waals surface area (Å²) in [4.78, 5) is 28.9. The van der Waals surface area contributed by atoms with Crippen molar-refractivity contribution in [1.29, 1.82) is 0 Å². The molecule has 0 radical (unpaired) electrons. The minimum Gasteiger partial charge on any atom is -0.479 e. The van der Waals surface area contributed by atoms with Crippen LogP contribution in [-0.2, 0) is 16.0 Å². The average molecular weight is 320 g/mol. The highest BCUT2D eigenvalue weighted by molar-refractivity contribution is 5.82. The molecule has 0 spiro atoms. The number of carbonyl (C=O) groups excluding carboxylic acids is 1. The first-order valence-corrected chi connectivity index (χ1v) is 7.48. The number of hydrogen-bond donors (Lipinski definition) is 1. The average Bonchev–Trinajstić information content (AvgIpc) is 2.45. The van der Waals surface area contributed by atoms with Gasteiger partial charge in [0.25, 0.3) is 0 Å². The van der Waals surface area contributed by atoms with Crippen LogP contribution in [0.5, 0.6) is 0 Å². The molecule has 0 aliphatic rings. The molecule has 0 aliphatic carbocycles. The largest absolute Gasteiger partial charge is 0.479 e. The zero-order valence-corrected chi connectivity index (χ0v) is 13.9. The summed E-state index contributed by atoms with van der Waals surface area (Å²) in [7, 11) is 0. The van der Waals surface area contributed by atoms with Gasteiger partial charge in [-0.05, 0) is 45.2 Å². The predicted octanol–water partition coefficient (Wildman–Crippen LogP) is 2.89. The van der Waals surface area contributed by atoms with Gasteiger partial charge in [-0.1, -0.05) is 12.1 Å². The molecule has 0 fully saturated rings. The van der Waals surface area contributed by atoms with Gasteiger partial charge in [0.2, 0.25) is 0 Å². The summed E-state index contributed by atoms with van der Waals surface area (Å²) in [5, 5.41) is 9.28. The fraction of sp³-hybridized carbons (Fsp3) is 0.471. The Hall–Kier alpha value is -2.37. The second kappa shape index (κ2) is 8.31. The van der Waals surface area contributed by atoms with Crippen molar-refractivity contribution in [3.63, 3.8) is 0 Å². The fourth-order valence-electron chi connectivity index (χ4n) is 2.03. The van der Waals surface area contributed by atoms with Gasteiger partial charge in [-0.15, -0.1) is 6.58 Å². The van der Waals surface area contributed by atoms with Crippen LogP contribution in [0.3, 0.4) is 0 Å². The summed E-state index contributed by atoms with van der Waals surface area (Å²) in [6, 6.07) is 2.66. The fourth-order valence-corrected chi connectivity index (χ4v) is 2.03. The molecule has 0 saturated carbocycles. The quantitative estimate of drug-likeness (QED) is 0.781. The maximum absolute atomic E-state index is 12.3. The molecule has 1 rings (SSSR count). The molecule has 1 N–H and O–H groups in total. The van der Waals surface area contributed by atoms with Crippen molar-refractivity contribution in [1.82, 2.24) is 9.88 Å². The number of rotatable bonds is 7. The minimum atomic E-state index is -1.13. The van der Waals surface area contributed by atoms with Crippen LogP contribution in [-0.4, -0.2) is 45.2 Å². The lowest BCUT2D eigenvalue weighted by molar-refractivity contribution is -0.141. The first kappa shape index (κ1) is 18.7. The van der Waals surface area contributed by atoms with Gasteiger partial charge in [0.15, 0.2) is 6.04 Å². The standard InChI is InChI=1S/C17H24N2O4/c1-5-14(15(20)21)19(16(22)23-17(2,3)4)11-7-9-13-8-6-10-18-12-13/h5-6,8,10,12,14H,1,7,9,11H2,2-4H3,(H,20,21). The highest BCUT2D eigenvalue weighted by Crippen LogP contribution is 2.14. The number of amides is 1.